The molecule has 0 radical (unpaired) electrons. The number of esters is 1. The largest absolute Gasteiger partial charge is 0.467 e. The van der Waals surface area contributed by atoms with E-state index in [4.69, 9.17) is 21.9 Å². The molecule has 0 heterocycles. The van der Waals surface area contributed by atoms with Crippen LogP contribution >= 0.6 is 11.6 Å². The molecule has 1 aromatic rings. The third kappa shape index (κ3) is 3.18. The highest BCUT2D eigenvalue weighted by Gasteiger charge is 2.60. The van der Waals surface area contributed by atoms with Crippen LogP contribution in [0.2, 0.25) is 5.02 Å². The van der Waals surface area contributed by atoms with E-state index in [2.05, 4.69) is 15.3 Å². The molecule has 2 aliphatic carbocycles. The topological polar surface area (TPSA) is 104 Å². The molecule has 0 spiro atoms. The number of amides is 1. The van der Waals surface area contributed by atoms with Crippen LogP contribution in [0.4, 0.5) is 0 Å². The van der Waals surface area contributed by atoms with Crippen LogP contribution in [0.1, 0.15) is 23.2 Å². The van der Waals surface area contributed by atoms with Crippen molar-refractivity contribution in [2.24, 2.45) is 22.9 Å². The van der Waals surface area contributed by atoms with E-state index in [-0.39, 0.29) is 29.7 Å². The molecule has 24 heavy (non-hydrogen) atoms. The van der Waals surface area contributed by atoms with E-state index >= 15 is 0 Å². The average molecular weight is 349 g/mol. The van der Waals surface area contributed by atoms with Gasteiger partial charge >= 0.3 is 5.97 Å². The summed E-state index contributed by atoms with van der Waals surface area (Å²) < 4.78 is 4.85. The van der Waals surface area contributed by atoms with Gasteiger partial charge in [-0.1, -0.05) is 16.7 Å². The highest BCUT2D eigenvalue weighted by molar-refractivity contribution is 6.30. The van der Waals surface area contributed by atoms with Gasteiger partial charge in [-0.2, -0.15) is 0 Å². The number of azide groups is 1. The fourth-order valence-corrected chi connectivity index (χ4v) is 3.92. The molecule has 1 amide bonds. The maximum Gasteiger partial charge on any atom is 0.328 e. The van der Waals surface area contributed by atoms with Crippen molar-refractivity contribution in [3.05, 3.63) is 45.3 Å². The van der Waals surface area contributed by atoms with E-state index in [1.807, 2.05) is 0 Å². The van der Waals surface area contributed by atoms with Crippen LogP contribution in [-0.4, -0.2) is 31.1 Å². The Morgan fingerprint density at radius 3 is 2.50 bits per heavy atom. The first-order valence-electron chi connectivity index (χ1n) is 7.73. The fraction of sp³-hybridized carbons (Fsp3) is 0.500. The van der Waals surface area contributed by atoms with E-state index < -0.39 is 12.0 Å². The minimum Gasteiger partial charge on any atom is -0.467 e. The minimum absolute atomic E-state index is 0.00786. The average Bonchev–Trinajstić information content (AvgIpc) is 3.06. The molecule has 0 aromatic heterocycles. The zero-order valence-electron chi connectivity index (χ0n) is 13.1. The number of hydrogen-bond donors (Lipinski definition) is 1. The van der Waals surface area contributed by atoms with Gasteiger partial charge in [-0.15, -0.1) is 0 Å². The van der Waals surface area contributed by atoms with Crippen molar-refractivity contribution in [1.29, 1.82) is 0 Å². The van der Waals surface area contributed by atoms with Crippen molar-refractivity contribution in [2.45, 2.75) is 24.9 Å². The number of ether oxygens (including phenoxy) is 1. The molecule has 0 aliphatic heterocycles. The van der Waals surface area contributed by atoms with Gasteiger partial charge in [0.25, 0.3) is 5.91 Å². The molecule has 126 valence electrons. The highest BCUT2D eigenvalue weighted by atomic mass is 35.5. The molecule has 0 saturated heterocycles. The third-order valence-electron chi connectivity index (χ3n) is 4.93. The van der Waals surface area contributed by atoms with Crippen molar-refractivity contribution in [1.82, 2.24) is 5.32 Å². The molecule has 8 heteroatoms. The van der Waals surface area contributed by atoms with Gasteiger partial charge in [0.05, 0.1) is 7.11 Å². The third-order valence-corrected chi connectivity index (χ3v) is 5.19. The molecule has 0 bridgehead atoms. The van der Waals surface area contributed by atoms with Gasteiger partial charge in [0, 0.05) is 21.5 Å². The monoisotopic (exact) mass is 348 g/mol. The Morgan fingerprint density at radius 1 is 1.33 bits per heavy atom. The summed E-state index contributed by atoms with van der Waals surface area (Å²) in [6.45, 7) is 0. The molecule has 7 nitrogen and oxygen atoms in total. The van der Waals surface area contributed by atoms with Crippen molar-refractivity contribution >= 4 is 23.5 Å². The van der Waals surface area contributed by atoms with E-state index in [9.17, 15) is 9.59 Å². The quantitative estimate of drug-likeness (QED) is 0.382. The molecule has 5 atom stereocenters. The lowest BCUT2D eigenvalue weighted by Crippen LogP contribution is -2.44. The van der Waals surface area contributed by atoms with Gasteiger partial charge in [0.2, 0.25) is 0 Å². The van der Waals surface area contributed by atoms with Gasteiger partial charge in [0.15, 0.2) is 0 Å². The summed E-state index contributed by atoms with van der Waals surface area (Å²) in [5.74, 6) is -0.167. The normalized spacial score (nSPS) is 28.2. The lowest BCUT2D eigenvalue weighted by molar-refractivity contribution is -0.143. The number of carbonyl (C=O) groups excluding carboxylic acids is 2. The number of carbonyl (C=O) groups is 2. The summed E-state index contributed by atoms with van der Waals surface area (Å²) >= 11 is 5.82. The second kappa shape index (κ2) is 6.71. The molecule has 1 N–H and O–H groups in total. The predicted molar refractivity (Wildman–Crippen MR) is 87.4 cm³/mol. The lowest BCUT2D eigenvalue weighted by Gasteiger charge is -2.19. The highest BCUT2D eigenvalue weighted by Crippen LogP contribution is 2.59. The van der Waals surface area contributed by atoms with E-state index in [0.717, 1.165) is 12.8 Å². The van der Waals surface area contributed by atoms with Crippen LogP contribution in [0.15, 0.2) is 29.4 Å². The number of benzene rings is 1. The van der Waals surface area contributed by atoms with Crippen molar-refractivity contribution in [3.63, 3.8) is 0 Å². The fourth-order valence-electron chi connectivity index (χ4n) is 3.79. The van der Waals surface area contributed by atoms with Crippen LogP contribution < -0.4 is 5.32 Å². The summed E-state index contributed by atoms with van der Waals surface area (Å²) in [4.78, 5) is 27.3. The zero-order chi connectivity index (χ0) is 17.3. The number of halogens is 1. The number of nitrogens with zero attached hydrogens (tertiary/aromatic N) is 3. The van der Waals surface area contributed by atoms with Gasteiger partial charge < -0.3 is 10.1 Å². The summed E-state index contributed by atoms with van der Waals surface area (Å²) in [6.07, 6.45) is 1.51. The Balaban J connectivity index is 1.68. The molecule has 2 saturated carbocycles. The van der Waals surface area contributed by atoms with E-state index in [1.54, 1.807) is 24.3 Å². The molecule has 2 fully saturated rings. The summed E-state index contributed by atoms with van der Waals surface area (Å²) in [6, 6.07) is 5.78. The molecule has 1 unspecified atom stereocenters. The van der Waals surface area contributed by atoms with Crippen LogP contribution in [0.25, 0.3) is 10.4 Å². The van der Waals surface area contributed by atoms with E-state index in [1.165, 1.54) is 7.11 Å². The molecular weight excluding hydrogens is 332 g/mol. The number of methoxy groups -OCH3 is 1. The van der Waals surface area contributed by atoms with Gasteiger partial charge in [-0.25, -0.2) is 4.79 Å². The molecular formula is C16H17ClN4O3. The van der Waals surface area contributed by atoms with Gasteiger partial charge in [0.1, 0.15) is 6.04 Å². The smallest absolute Gasteiger partial charge is 0.328 e. The van der Waals surface area contributed by atoms with Crippen LogP contribution in [0.3, 0.4) is 0 Å². The first-order valence-corrected chi connectivity index (χ1v) is 8.11. The number of hydrogen-bond acceptors (Lipinski definition) is 4. The summed E-state index contributed by atoms with van der Waals surface area (Å²) in [5, 5.41) is 7.06. The van der Waals surface area contributed by atoms with Crippen molar-refractivity contribution in [2.75, 3.05) is 7.11 Å². The maximum absolute atomic E-state index is 12.4. The van der Waals surface area contributed by atoms with Gasteiger partial charge in [-0.05, 0) is 60.4 Å². The summed E-state index contributed by atoms with van der Waals surface area (Å²) in [5.41, 5.74) is 8.95. The van der Waals surface area contributed by atoms with Gasteiger partial charge in [-0.3, -0.25) is 4.79 Å². The number of rotatable bonds is 5. The first kappa shape index (κ1) is 16.6. The van der Waals surface area contributed by atoms with Crippen LogP contribution in [-0.2, 0) is 9.53 Å². The Labute approximate surface area is 143 Å². The van der Waals surface area contributed by atoms with Crippen molar-refractivity contribution in [3.8, 4) is 0 Å². The second-order valence-electron chi connectivity index (χ2n) is 6.22. The predicted octanol–water partition coefficient (Wildman–Crippen LogP) is 2.95. The van der Waals surface area contributed by atoms with Crippen LogP contribution in [0, 0.1) is 17.8 Å². The summed E-state index contributed by atoms with van der Waals surface area (Å²) in [7, 11) is 1.31. The SMILES string of the molecule is COC(=O)C(NC(=O)c1ccc(Cl)cc1)[C@H]1[C@@H]2C[C@@H](N=[N+]=[N-])C[C@@H]21. The maximum atomic E-state index is 12.4. The zero-order valence-corrected chi connectivity index (χ0v) is 13.8. The first-order chi connectivity index (χ1) is 11.5. The lowest BCUT2D eigenvalue weighted by atomic mass is 10.0. The van der Waals surface area contributed by atoms with Crippen LogP contribution in [0.5, 0.6) is 0 Å². The second-order valence-corrected chi connectivity index (χ2v) is 6.65. The molecule has 3 rings (SSSR count). The number of nitrogens with one attached hydrogen (secondary N) is 1. The Kier molecular flexibility index (Phi) is 4.64. The Bertz CT molecular complexity index is 690. The minimum atomic E-state index is -0.680. The van der Waals surface area contributed by atoms with E-state index in [0.29, 0.717) is 10.6 Å². The molecule has 2 aliphatic rings. The Hall–Kier alpha value is -2.24. The Morgan fingerprint density at radius 2 is 1.96 bits per heavy atom. The molecule has 1 aromatic carbocycles. The number of fused-ring (bicyclic) bond motifs is 1. The van der Waals surface area contributed by atoms with Crippen molar-refractivity contribution < 1.29 is 14.3 Å². The standard InChI is InChI=1S/C16H17ClN4O3/c1-24-16(23)14(13-11-6-10(20-21-18)7-12(11)13)19-15(22)8-2-4-9(17)5-3-8/h2-5,10-14H,6-7H2,1H3,(H,19,22)/t10-,11-,12+,13+,14?.